The Kier molecular flexibility index (Phi) is 4.45. The Bertz CT molecular complexity index is 700. The van der Waals surface area contributed by atoms with Gasteiger partial charge in [-0.3, -0.25) is 9.59 Å². The van der Waals surface area contributed by atoms with Crippen molar-refractivity contribution < 1.29 is 19.8 Å². The number of carboxylic acid groups (broad SMARTS) is 1. The number of nitrogens with one attached hydrogen (secondary N) is 1. The number of aliphatic carboxylic acids is 1. The zero-order valence-corrected chi connectivity index (χ0v) is 11.6. The van der Waals surface area contributed by atoms with Gasteiger partial charge >= 0.3 is 5.97 Å². The van der Waals surface area contributed by atoms with Gasteiger partial charge in [0, 0.05) is 0 Å². The van der Waals surface area contributed by atoms with Crippen LogP contribution in [-0.2, 0) is 11.2 Å². The lowest BCUT2D eigenvalue weighted by atomic mass is 10.1. The number of hydrogen-bond acceptors (Lipinski definition) is 3. The smallest absolute Gasteiger partial charge is 0.307 e. The molecule has 0 spiro atoms. The number of hydrogen-bond donors (Lipinski definition) is 3. The van der Waals surface area contributed by atoms with Crippen LogP contribution in [-0.4, -0.2) is 22.1 Å². The maximum absolute atomic E-state index is 12.1. The lowest BCUT2D eigenvalue weighted by Gasteiger charge is -2.09. The Labute approximate surface area is 125 Å². The minimum Gasteiger partial charge on any atom is -0.506 e. The molecule has 0 saturated heterocycles. The van der Waals surface area contributed by atoms with Gasteiger partial charge in [0.2, 0.25) is 0 Å². The third-order valence-electron chi connectivity index (χ3n) is 2.78. The van der Waals surface area contributed by atoms with E-state index >= 15 is 0 Å². The molecule has 2 aromatic rings. The molecule has 21 heavy (non-hydrogen) atoms. The highest BCUT2D eigenvalue weighted by Gasteiger charge is 2.13. The summed E-state index contributed by atoms with van der Waals surface area (Å²) in [5, 5.41) is 21.3. The van der Waals surface area contributed by atoms with E-state index in [-0.39, 0.29) is 28.4 Å². The van der Waals surface area contributed by atoms with Crippen LogP contribution in [0.25, 0.3) is 0 Å². The van der Waals surface area contributed by atoms with Crippen molar-refractivity contribution in [2.45, 2.75) is 6.42 Å². The number of carbonyl (C=O) groups is 2. The van der Waals surface area contributed by atoms with Gasteiger partial charge in [0.15, 0.2) is 0 Å². The fourth-order valence-corrected chi connectivity index (χ4v) is 2.02. The van der Waals surface area contributed by atoms with Crippen LogP contribution in [0.5, 0.6) is 5.75 Å². The molecule has 0 heterocycles. The van der Waals surface area contributed by atoms with Gasteiger partial charge in [0.25, 0.3) is 5.91 Å². The van der Waals surface area contributed by atoms with Crippen LogP contribution in [0, 0.1) is 0 Å². The first-order valence-corrected chi connectivity index (χ1v) is 6.44. The quantitative estimate of drug-likeness (QED) is 0.758. The monoisotopic (exact) mass is 305 g/mol. The van der Waals surface area contributed by atoms with Crippen LogP contribution in [0.15, 0.2) is 42.5 Å². The molecular formula is C15H12ClNO4. The molecule has 0 aliphatic rings. The number of amides is 1. The Morgan fingerprint density at radius 1 is 1.14 bits per heavy atom. The van der Waals surface area contributed by atoms with Crippen molar-refractivity contribution in [3.05, 3.63) is 58.6 Å². The zero-order chi connectivity index (χ0) is 15.4. The SMILES string of the molecule is O=C(O)Cc1ccc(O)c(NC(=O)c2ccccc2Cl)c1. The van der Waals surface area contributed by atoms with Gasteiger partial charge < -0.3 is 15.5 Å². The molecule has 0 fully saturated rings. The third kappa shape index (κ3) is 3.73. The summed E-state index contributed by atoms with van der Waals surface area (Å²) in [5.74, 6) is -1.63. The molecule has 3 N–H and O–H groups in total. The lowest BCUT2D eigenvalue weighted by Crippen LogP contribution is -2.13. The van der Waals surface area contributed by atoms with E-state index in [0.717, 1.165) is 0 Å². The summed E-state index contributed by atoms with van der Waals surface area (Å²) in [7, 11) is 0. The summed E-state index contributed by atoms with van der Waals surface area (Å²) >= 11 is 5.92. The lowest BCUT2D eigenvalue weighted by molar-refractivity contribution is -0.136. The Morgan fingerprint density at radius 2 is 1.86 bits per heavy atom. The van der Waals surface area contributed by atoms with E-state index < -0.39 is 11.9 Å². The van der Waals surface area contributed by atoms with E-state index in [4.69, 9.17) is 16.7 Å². The highest BCUT2D eigenvalue weighted by Crippen LogP contribution is 2.26. The second-order valence-corrected chi connectivity index (χ2v) is 4.76. The summed E-state index contributed by atoms with van der Waals surface area (Å²) in [6.07, 6.45) is -0.199. The standard InChI is InChI=1S/C15H12ClNO4/c16-11-4-2-1-3-10(11)15(21)17-12-7-9(8-14(19)20)5-6-13(12)18/h1-7,18H,8H2,(H,17,21)(H,19,20). The number of halogens is 1. The van der Waals surface area contributed by atoms with Gasteiger partial charge in [-0.05, 0) is 29.8 Å². The van der Waals surface area contributed by atoms with Gasteiger partial charge in [-0.15, -0.1) is 0 Å². The van der Waals surface area contributed by atoms with Crippen molar-refractivity contribution in [2.75, 3.05) is 5.32 Å². The first-order chi connectivity index (χ1) is 9.97. The molecule has 5 nitrogen and oxygen atoms in total. The average molecular weight is 306 g/mol. The highest BCUT2D eigenvalue weighted by molar-refractivity contribution is 6.34. The van der Waals surface area contributed by atoms with Gasteiger partial charge in [-0.1, -0.05) is 29.8 Å². The van der Waals surface area contributed by atoms with E-state index in [1.807, 2.05) is 0 Å². The summed E-state index contributed by atoms with van der Waals surface area (Å²) in [4.78, 5) is 22.8. The summed E-state index contributed by atoms with van der Waals surface area (Å²) in [6.45, 7) is 0. The molecule has 0 unspecified atom stereocenters. The van der Waals surface area contributed by atoms with E-state index in [0.29, 0.717) is 5.56 Å². The number of rotatable bonds is 4. The number of carboxylic acids is 1. The Balaban J connectivity index is 2.24. The number of aromatic hydroxyl groups is 1. The molecule has 2 aromatic carbocycles. The first-order valence-electron chi connectivity index (χ1n) is 6.07. The second kappa shape index (κ2) is 6.28. The van der Waals surface area contributed by atoms with Crippen LogP contribution >= 0.6 is 11.6 Å². The summed E-state index contributed by atoms with van der Waals surface area (Å²) in [5.41, 5.74) is 0.871. The molecule has 0 radical (unpaired) electrons. The number of benzene rings is 2. The zero-order valence-electron chi connectivity index (χ0n) is 10.8. The van der Waals surface area contributed by atoms with Crippen molar-refractivity contribution in [1.82, 2.24) is 0 Å². The van der Waals surface area contributed by atoms with Crippen molar-refractivity contribution in [1.29, 1.82) is 0 Å². The number of carbonyl (C=O) groups excluding carboxylic acids is 1. The van der Waals surface area contributed by atoms with E-state index in [1.165, 1.54) is 18.2 Å². The molecule has 2 rings (SSSR count). The van der Waals surface area contributed by atoms with Crippen molar-refractivity contribution in [3.8, 4) is 5.75 Å². The van der Waals surface area contributed by atoms with E-state index in [1.54, 1.807) is 24.3 Å². The number of phenolic OH excluding ortho intramolecular Hbond substituents is 1. The Morgan fingerprint density at radius 3 is 2.52 bits per heavy atom. The molecule has 0 aromatic heterocycles. The average Bonchev–Trinajstić information content (AvgIpc) is 2.42. The molecule has 0 saturated carbocycles. The summed E-state index contributed by atoms with van der Waals surface area (Å²) in [6, 6.07) is 10.7. The minimum atomic E-state index is -0.996. The Hall–Kier alpha value is -2.53. The van der Waals surface area contributed by atoms with Crippen LogP contribution in [0.2, 0.25) is 5.02 Å². The van der Waals surface area contributed by atoms with Crippen LogP contribution in [0.4, 0.5) is 5.69 Å². The van der Waals surface area contributed by atoms with Crippen LogP contribution < -0.4 is 5.32 Å². The first kappa shape index (κ1) is 14.9. The van der Waals surface area contributed by atoms with Gasteiger partial charge in [0.05, 0.1) is 22.7 Å². The summed E-state index contributed by atoms with van der Waals surface area (Å²) < 4.78 is 0. The predicted molar refractivity (Wildman–Crippen MR) is 78.9 cm³/mol. The topological polar surface area (TPSA) is 86.6 Å². The van der Waals surface area contributed by atoms with Crippen LogP contribution in [0.3, 0.4) is 0 Å². The second-order valence-electron chi connectivity index (χ2n) is 4.36. The normalized spacial score (nSPS) is 10.1. The predicted octanol–water partition coefficient (Wildman–Crippen LogP) is 2.93. The molecule has 0 aliphatic carbocycles. The molecule has 0 atom stereocenters. The molecular weight excluding hydrogens is 294 g/mol. The largest absolute Gasteiger partial charge is 0.506 e. The highest BCUT2D eigenvalue weighted by atomic mass is 35.5. The third-order valence-corrected chi connectivity index (χ3v) is 3.11. The van der Waals surface area contributed by atoms with E-state index in [2.05, 4.69) is 5.32 Å². The van der Waals surface area contributed by atoms with Crippen molar-refractivity contribution in [3.63, 3.8) is 0 Å². The molecule has 1 amide bonds. The number of phenols is 1. The fraction of sp³-hybridized carbons (Fsp3) is 0.0667. The fourth-order valence-electron chi connectivity index (χ4n) is 1.80. The molecule has 6 heteroatoms. The van der Waals surface area contributed by atoms with Crippen molar-refractivity contribution in [2.24, 2.45) is 0 Å². The van der Waals surface area contributed by atoms with Crippen LogP contribution in [0.1, 0.15) is 15.9 Å². The van der Waals surface area contributed by atoms with Crippen molar-refractivity contribution >= 4 is 29.2 Å². The molecule has 0 bridgehead atoms. The molecule has 0 aliphatic heterocycles. The maximum atomic E-state index is 12.1. The van der Waals surface area contributed by atoms with Gasteiger partial charge in [-0.25, -0.2) is 0 Å². The maximum Gasteiger partial charge on any atom is 0.307 e. The molecule has 108 valence electrons. The van der Waals surface area contributed by atoms with Gasteiger partial charge in [-0.2, -0.15) is 0 Å². The van der Waals surface area contributed by atoms with Gasteiger partial charge in [0.1, 0.15) is 5.75 Å². The minimum absolute atomic E-state index is 0.138. The van der Waals surface area contributed by atoms with E-state index in [9.17, 15) is 14.7 Å². The number of anilines is 1.